The van der Waals surface area contributed by atoms with Gasteiger partial charge in [0.25, 0.3) is 0 Å². The molecule has 1 atom stereocenters. The fourth-order valence-corrected chi connectivity index (χ4v) is 2.74. The SMILES string of the molecule is COc1cc(B2OC(C)(C)C(C)(C)O2)ccc1OC[C@H]1COCCO1.N. The Morgan fingerprint density at radius 3 is 2.35 bits per heavy atom. The fourth-order valence-electron chi connectivity index (χ4n) is 2.74. The Bertz CT molecular complexity index is 587. The van der Waals surface area contributed by atoms with Crippen molar-refractivity contribution in [2.24, 2.45) is 0 Å². The summed E-state index contributed by atoms with van der Waals surface area (Å²) in [5, 5.41) is 0. The molecule has 0 saturated carbocycles. The average molecular weight is 367 g/mol. The molecule has 2 aliphatic rings. The van der Waals surface area contributed by atoms with E-state index in [1.807, 2.05) is 45.9 Å². The van der Waals surface area contributed by atoms with Gasteiger partial charge in [0.2, 0.25) is 0 Å². The van der Waals surface area contributed by atoms with Crippen molar-refractivity contribution in [3.05, 3.63) is 18.2 Å². The van der Waals surface area contributed by atoms with E-state index in [2.05, 4.69) is 0 Å². The van der Waals surface area contributed by atoms with Crippen LogP contribution in [0.2, 0.25) is 0 Å². The van der Waals surface area contributed by atoms with Crippen molar-refractivity contribution in [3.8, 4) is 11.5 Å². The van der Waals surface area contributed by atoms with Crippen LogP contribution in [-0.2, 0) is 18.8 Å². The fraction of sp³-hybridized carbons (Fsp3) is 0.667. The van der Waals surface area contributed by atoms with Gasteiger partial charge in [0.1, 0.15) is 12.7 Å². The van der Waals surface area contributed by atoms with Crippen LogP contribution in [-0.4, -0.2) is 58.0 Å². The zero-order chi connectivity index (χ0) is 18.1. The van der Waals surface area contributed by atoms with Gasteiger partial charge in [-0.25, -0.2) is 0 Å². The predicted molar refractivity (Wildman–Crippen MR) is 99.8 cm³/mol. The molecule has 0 unspecified atom stereocenters. The third-order valence-corrected chi connectivity index (χ3v) is 5.02. The summed E-state index contributed by atoms with van der Waals surface area (Å²) in [4.78, 5) is 0. The summed E-state index contributed by atoms with van der Waals surface area (Å²) in [5.41, 5.74) is 0.150. The van der Waals surface area contributed by atoms with Crippen molar-refractivity contribution in [2.45, 2.75) is 45.0 Å². The van der Waals surface area contributed by atoms with Crippen LogP contribution < -0.4 is 21.1 Å². The van der Waals surface area contributed by atoms with E-state index < -0.39 is 7.12 Å². The van der Waals surface area contributed by atoms with Crippen LogP contribution >= 0.6 is 0 Å². The normalized spacial score (nSPS) is 24.0. The van der Waals surface area contributed by atoms with Crippen molar-refractivity contribution < 1.29 is 28.3 Å². The number of ether oxygens (including phenoxy) is 4. The lowest BCUT2D eigenvalue weighted by molar-refractivity contribution is -0.101. The van der Waals surface area contributed by atoms with E-state index in [4.69, 9.17) is 28.3 Å². The first-order chi connectivity index (χ1) is 11.8. The predicted octanol–water partition coefficient (Wildman–Crippen LogP) is 1.95. The van der Waals surface area contributed by atoms with E-state index in [0.717, 1.165) is 5.46 Å². The molecular weight excluding hydrogens is 337 g/mol. The van der Waals surface area contributed by atoms with Gasteiger partial charge in [0.15, 0.2) is 11.5 Å². The third kappa shape index (κ3) is 4.32. The molecule has 0 aromatic heterocycles. The summed E-state index contributed by atoms with van der Waals surface area (Å²) in [6, 6.07) is 5.72. The van der Waals surface area contributed by atoms with E-state index in [9.17, 15) is 0 Å². The van der Waals surface area contributed by atoms with Crippen LogP contribution in [0.25, 0.3) is 0 Å². The molecule has 0 aliphatic carbocycles. The Labute approximate surface area is 156 Å². The second-order valence-corrected chi connectivity index (χ2v) is 7.38. The smallest absolute Gasteiger partial charge is 0.493 e. The summed E-state index contributed by atoms with van der Waals surface area (Å²) < 4.78 is 34.5. The number of benzene rings is 1. The molecule has 0 spiro atoms. The van der Waals surface area contributed by atoms with Crippen molar-refractivity contribution in [1.82, 2.24) is 6.15 Å². The van der Waals surface area contributed by atoms with Crippen LogP contribution in [0.4, 0.5) is 0 Å². The molecule has 146 valence electrons. The van der Waals surface area contributed by atoms with E-state index in [1.54, 1.807) is 7.11 Å². The number of rotatable bonds is 5. The summed E-state index contributed by atoms with van der Waals surface area (Å²) in [6.07, 6.45) is -0.0544. The molecule has 8 heteroatoms. The average Bonchev–Trinajstić information content (AvgIpc) is 2.81. The third-order valence-electron chi connectivity index (χ3n) is 5.02. The lowest BCUT2D eigenvalue weighted by Gasteiger charge is -2.32. The topological polar surface area (TPSA) is 90.4 Å². The molecule has 2 aliphatic heterocycles. The van der Waals surface area contributed by atoms with Gasteiger partial charge in [-0.2, -0.15) is 0 Å². The molecule has 0 bridgehead atoms. The van der Waals surface area contributed by atoms with Gasteiger partial charge in [0.05, 0.1) is 38.1 Å². The van der Waals surface area contributed by atoms with Gasteiger partial charge in [-0.1, -0.05) is 6.07 Å². The van der Waals surface area contributed by atoms with Crippen molar-refractivity contribution in [2.75, 3.05) is 33.5 Å². The Balaban J connectivity index is 0.00000243. The first-order valence-electron chi connectivity index (χ1n) is 8.68. The lowest BCUT2D eigenvalue weighted by Crippen LogP contribution is -2.41. The first kappa shape index (κ1) is 21.0. The Morgan fingerprint density at radius 1 is 1.08 bits per heavy atom. The molecule has 26 heavy (non-hydrogen) atoms. The second-order valence-electron chi connectivity index (χ2n) is 7.38. The monoisotopic (exact) mass is 367 g/mol. The second kappa shape index (κ2) is 8.14. The molecule has 2 heterocycles. The molecule has 3 N–H and O–H groups in total. The molecule has 0 amide bonds. The number of hydrogen-bond donors (Lipinski definition) is 1. The highest BCUT2D eigenvalue weighted by molar-refractivity contribution is 6.62. The zero-order valence-corrected chi connectivity index (χ0v) is 16.4. The van der Waals surface area contributed by atoms with E-state index in [-0.39, 0.29) is 23.5 Å². The summed E-state index contributed by atoms with van der Waals surface area (Å²) in [5.74, 6) is 1.31. The Kier molecular flexibility index (Phi) is 6.58. The lowest BCUT2D eigenvalue weighted by atomic mass is 9.79. The summed E-state index contributed by atoms with van der Waals surface area (Å²) >= 11 is 0. The molecule has 1 aromatic rings. The maximum absolute atomic E-state index is 6.09. The molecular formula is C18H30BNO6. The highest BCUT2D eigenvalue weighted by Crippen LogP contribution is 2.37. The summed E-state index contributed by atoms with van der Waals surface area (Å²) in [7, 11) is 1.19. The molecule has 1 aromatic carbocycles. The van der Waals surface area contributed by atoms with Crippen LogP contribution in [0.15, 0.2) is 18.2 Å². The molecule has 2 saturated heterocycles. The Morgan fingerprint density at radius 2 is 1.77 bits per heavy atom. The maximum atomic E-state index is 6.09. The Hall–Kier alpha value is -1.32. The minimum atomic E-state index is -0.428. The first-order valence-corrected chi connectivity index (χ1v) is 8.68. The van der Waals surface area contributed by atoms with Crippen LogP contribution in [0.3, 0.4) is 0 Å². The van der Waals surface area contributed by atoms with Crippen LogP contribution in [0.1, 0.15) is 27.7 Å². The minimum Gasteiger partial charge on any atom is -0.493 e. The zero-order valence-electron chi connectivity index (χ0n) is 16.4. The standard InChI is InChI=1S/C18H27BO6.H3N/c1-17(2)18(3,4)25-19(24-17)13-6-7-15(16(10-13)20-5)23-12-14-11-21-8-9-22-14;/h6-7,10,14H,8-9,11-12H2,1-5H3;1H3/t14-;/m1./s1. The molecule has 7 nitrogen and oxygen atoms in total. The van der Waals surface area contributed by atoms with Gasteiger partial charge in [-0.05, 0) is 45.3 Å². The highest BCUT2D eigenvalue weighted by atomic mass is 16.7. The largest absolute Gasteiger partial charge is 0.494 e. The minimum absolute atomic E-state index is 0. The van der Waals surface area contributed by atoms with Gasteiger partial charge in [0, 0.05) is 0 Å². The van der Waals surface area contributed by atoms with E-state index >= 15 is 0 Å². The maximum Gasteiger partial charge on any atom is 0.494 e. The van der Waals surface area contributed by atoms with E-state index in [0.29, 0.717) is 37.9 Å². The van der Waals surface area contributed by atoms with Gasteiger partial charge in [-0.15, -0.1) is 0 Å². The quantitative estimate of drug-likeness (QED) is 0.796. The number of hydrogen-bond acceptors (Lipinski definition) is 7. The molecule has 2 fully saturated rings. The number of methoxy groups -OCH3 is 1. The van der Waals surface area contributed by atoms with Gasteiger partial charge < -0.3 is 34.4 Å². The van der Waals surface area contributed by atoms with Crippen molar-refractivity contribution in [3.63, 3.8) is 0 Å². The van der Waals surface area contributed by atoms with Crippen LogP contribution in [0, 0.1) is 0 Å². The van der Waals surface area contributed by atoms with Gasteiger partial charge in [-0.3, -0.25) is 0 Å². The molecule has 0 radical (unpaired) electrons. The van der Waals surface area contributed by atoms with Crippen molar-refractivity contribution >= 4 is 12.6 Å². The van der Waals surface area contributed by atoms with Crippen LogP contribution in [0.5, 0.6) is 11.5 Å². The van der Waals surface area contributed by atoms with E-state index in [1.165, 1.54) is 0 Å². The highest BCUT2D eigenvalue weighted by Gasteiger charge is 2.51. The molecule has 3 rings (SSSR count). The summed E-state index contributed by atoms with van der Waals surface area (Å²) in [6.45, 7) is 10.4. The van der Waals surface area contributed by atoms with Gasteiger partial charge >= 0.3 is 7.12 Å². The van der Waals surface area contributed by atoms with Crippen molar-refractivity contribution in [1.29, 1.82) is 0 Å².